The lowest BCUT2D eigenvalue weighted by molar-refractivity contribution is -0.0494. The molecule has 4 rings (SSSR count). The number of carbonyl (C=O) groups is 1. The van der Waals surface area contributed by atoms with Crippen molar-refractivity contribution in [2.45, 2.75) is 20.1 Å². The van der Waals surface area contributed by atoms with E-state index in [0.29, 0.717) is 49.9 Å². The van der Waals surface area contributed by atoms with Crippen molar-refractivity contribution in [1.82, 2.24) is 25.1 Å². The van der Waals surface area contributed by atoms with E-state index in [4.69, 9.17) is 9.05 Å². The number of ether oxygens (including phenoxy) is 1. The molecule has 0 atom stereocenters. The first kappa shape index (κ1) is 20.0. The average Bonchev–Trinajstić information content (AvgIpc) is 3.37. The number of aromatic nitrogens is 3. The highest BCUT2D eigenvalue weighted by molar-refractivity contribution is 5.91. The second-order valence-corrected chi connectivity index (χ2v) is 6.79. The Bertz CT molecular complexity index is 1010. The molecule has 1 saturated heterocycles. The summed E-state index contributed by atoms with van der Waals surface area (Å²) in [6.45, 7) is 1.46. The minimum Gasteiger partial charge on any atom is -0.434 e. The molecule has 1 aliphatic rings. The van der Waals surface area contributed by atoms with Gasteiger partial charge in [0, 0.05) is 32.2 Å². The molecule has 3 aromatic rings. The van der Waals surface area contributed by atoms with Crippen LogP contribution < -0.4 is 4.74 Å². The normalized spacial score (nSPS) is 15.0. The summed E-state index contributed by atoms with van der Waals surface area (Å²) in [6, 6.07) is 7.88. The molecule has 30 heavy (non-hydrogen) atoms. The topological polar surface area (TPSA) is 97.7 Å². The Labute approximate surface area is 170 Å². The number of amides is 1. The van der Waals surface area contributed by atoms with E-state index in [9.17, 15) is 13.6 Å². The molecule has 0 bridgehead atoms. The van der Waals surface area contributed by atoms with Crippen LogP contribution in [0.25, 0.3) is 11.4 Å². The SMILES string of the molecule is Cc1cc(C(=O)N2CCN(Cc3nc(-c4ccccc4OC(F)F)no3)CC2)on1. The summed E-state index contributed by atoms with van der Waals surface area (Å²) in [5.74, 6) is 0.547. The first-order chi connectivity index (χ1) is 14.5. The van der Waals surface area contributed by atoms with Crippen molar-refractivity contribution >= 4 is 5.91 Å². The van der Waals surface area contributed by atoms with Gasteiger partial charge < -0.3 is 18.7 Å². The van der Waals surface area contributed by atoms with Crippen molar-refractivity contribution < 1.29 is 27.4 Å². The van der Waals surface area contributed by atoms with Crippen LogP contribution in [-0.4, -0.2) is 63.8 Å². The molecule has 1 aromatic carbocycles. The second-order valence-electron chi connectivity index (χ2n) is 6.79. The fourth-order valence-electron chi connectivity index (χ4n) is 3.20. The van der Waals surface area contributed by atoms with Crippen LogP contribution in [0, 0.1) is 6.92 Å². The second kappa shape index (κ2) is 8.57. The van der Waals surface area contributed by atoms with Gasteiger partial charge in [0.2, 0.25) is 17.5 Å². The molecule has 158 valence electrons. The van der Waals surface area contributed by atoms with Crippen molar-refractivity contribution in [2.24, 2.45) is 0 Å². The lowest BCUT2D eigenvalue weighted by atomic mass is 10.2. The van der Waals surface area contributed by atoms with Crippen LogP contribution in [0.15, 0.2) is 39.4 Å². The van der Waals surface area contributed by atoms with Gasteiger partial charge in [-0.1, -0.05) is 22.4 Å². The Morgan fingerprint density at radius 1 is 1.17 bits per heavy atom. The minimum atomic E-state index is -2.95. The number of para-hydroxylation sites is 1. The van der Waals surface area contributed by atoms with Crippen LogP contribution in [0.1, 0.15) is 22.1 Å². The van der Waals surface area contributed by atoms with Crippen LogP contribution in [0.3, 0.4) is 0 Å². The van der Waals surface area contributed by atoms with Crippen LogP contribution >= 0.6 is 0 Å². The molecule has 1 amide bonds. The number of hydrogen-bond donors (Lipinski definition) is 0. The van der Waals surface area contributed by atoms with Crippen LogP contribution in [0.4, 0.5) is 8.78 Å². The largest absolute Gasteiger partial charge is 0.434 e. The molecule has 2 aromatic heterocycles. The summed E-state index contributed by atoms with van der Waals surface area (Å²) >= 11 is 0. The fraction of sp³-hybridized carbons (Fsp3) is 0.368. The highest BCUT2D eigenvalue weighted by atomic mass is 19.3. The number of alkyl halides is 2. The third-order valence-corrected chi connectivity index (χ3v) is 4.67. The first-order valence-electron chi connectivity index (χ1n) is 9.31. The third kappa shape index (κ3) is 4.46. The first-order valence-corrected chi connectivity index (χ1v) is 9.31. The quantitative estimate of drug-likeness (QED) is 0.601. The molecule has 0 aliphatic carbocycles. The Morgan fingerprint density at radius 3 is 2.63 bits per heavy atom. The van der Waals surface area contributed by atoms with Gasteiger partial charge in [0.05, 0.1) is 17.8 Å². The van der Waals surface area contributed by atoms with Crippen LogP contribution in [-0.2, 0) is 6.54 Å². The molecule has 0 unspecified atom stereocenters. The standard InChI is InChI=1S/C19H19F2N5O4/c1-12-10-15(29-23-12)18(27)26-8-6-25(7-9-26)11-16-22-17(24-30-16)13-4-2-3-5-14(13)28-19(20)21/h2-5,10,19H,6-9,11H2,1H3. The highest BCUT2D eigenvalue weighted by Gasteiger charge is 2.26. The molecule has 0 N–H and O–H groups in total. The van der Waals surface area contributed by atoms with Gasteiger partial charge >= 0.3 is 6.61 Å². The van der Waals surface area contributed by atoms with Crippen molar-refractivity contribution in [2.75, 3.05) is 26.2 Å². The monoisotopic (exact) mass is 419 g/mol. The Balaban J connectivity index is 1.36. The van der Waals surface area contributed by atoms with E-state index >= 15 is 0 Å². The number of halogens is 2. The lowest BCUT2D eigenvalue weighted by Crippen LogP contribution is -2.48. The van der Waals surface area contributed by atoms with Crippen molar-refractivity contribution in [3.05, 3.63) is 47.7 Å². The summed E-state index contributed by atoms with van der Waals surface area (Å²) in [5, 5.41) is 7.62. The predicted octanol–water partition coefficient (Wildman–Crippen LogP) is 2.59. The number of rotatable bonds is 6. The van der Waals surface area contributed by atoms with Gasteiger partial charge in [-0.3, -0.25) is 9.69 Å². The van der Waals surface area contributed by atoms with Gasteiger partial charge in [-0.05, 0) is 19.1 Å². The van der Waals surface area contributed by atoms with Crippen LogP contribution in [0.5, 0.6) is 5.75 Å². The number of piperazine rings is 1. The fourth-order valence-corrected chi connectivity index (χ4v) is 3.20. The van der Waals surface area contributed by atoms with Gasteiger partial charge in [0.15, 0.2) is 0 Å². The molecule has 0 spiro atoms. The molecule has 9 nitrogen and oxygen atoms in total. The van der Waals surface area contributed by atoms with Crippen molar-refractivity contribution in [1.29, 1.82) is 0 Å². The lowest BCUT2D eigenvalue weighted by Gasteiger charge is -2.33. The Morgan fingerprint density at radius 2 is 1.93 bits per heavy atom. The van der Waals surface area contributed by atoms with Gasteiger partial charge in [0.1, 0.15) is 5.75 Å². The number of nitrogens with zero attached hydrogens (tertiary/aromatic N) is 5. The van der Waals surface area contributed by atoms with E-state index in [0.717, 1.165) is 0 Å². The summed E-state index contributed by atoms with van der Waals surface area (Å²) in [4.78, 5) is 20.5. The third-order valence-electron chi connectivity index (χ3n) is 4.67. The molecule has 1 fully saturated rings. The van der Waals surface area contributed by atoms with E-state index in [1.165, 1.54) is 6.07 Å². The van der Waals surface area contributed by atoms with Crippen LogP contribution in [0.2, 0.25) is 0 Å². The summed E-state index contributed by atoms with van der Waals surface area (Å²) in [6.07, 6.45) is 0. The van der Waals surface area contributed by atoms with E-state index in [1.54, 1.807) is 36.1 Å². The van der Waals surface area contributed by atoms with E-state index in [-0.39, 0.29) is 23.2 Å². The predicted molar refractivity (Wildman–Crippen MR) is 98.8 cm³/mol. The van der Waals surface area contributed by atoms with Crippen molar-refractivity contribution in [3.8, 4) is 17.1 Å². The zero-order chi connectivity index (χ0) is 21.1. The Kier molecular flexibility index (Phi) is 5.70. The van der Waals surface area contributed by atoms with E-state index < -0.39 is 6.61 Å². The molecule has 11 heteroatoms. The highest BCUT2D eigenvalue weighted by Crippen LogP contribution is 2.29. The maximum absolute atomic E-state index is 12.6. The molecule has 0 saturated carbocycles. The number of carbonyl (C=O) groups excluding carboxylic acids is 1. The van der Waals surface area contributed by atoms with E-state index in [1.807, 2.05) is 0 Å². The Hall–Kier alpha value is -3.34. The molecular formula is C19H19F2N5O4. The molecule has 3 heterocycles. The minimum absolute atomic E-state index is 0.0189. The zero-order valence-electron chi connectivity index (χ0n) is 16.1. The number of benzene rings is 1. The van der Waals surface area contributed by atoms with Gasteiger partial charge in [-0.2, -0.15) is 13.8 Å². The number of hydrogen-bond acceptors (Lipinski definition) is 8. The molecule has 1 aliphatic heterocycles. The summed E-state index contributed by atoms with van der Waals surface area (Å²) in [7, 11) is 0. The van der Waals surface area contributed by atoms with E-state index in [2.05, 4.69) is 24.9 Å². The van der Waals surface area contributed by atoms with Gasteiger partial charge in [0.25, 0.3) is 5.91 Å². The summed E-state index contributed by atoms with van der Waals surface area (Å²) < 4.78 is 40.0. The summed E-state index contributed by atoms with van der Waals surface area (Å²) in [5.41, 5.74) is 0.982. The zero-order valence-corrected chi connectivity index (χ0v) is 16.1. The average molecular weight is 419 g/mol. The molecule has 0 radical (unpaired) electrons. The number of aryl methyl sites for hydroxylation is 1. The van der Waals surface area contributed by atoms with Crippen molar-refractivity contribution in [3.63, 3.8) is 0 Å². The smallest absolute Gasteiger partial charge is 0.387 e. The molecular weight excluding hydrogens is 400 g/mol. The van der Waals surface area contributed by atoms with Gasteiger partial charge in [-0.25, -0.2) is 0 Å². The maximum atomic E-state index is 12.6. The maximum Gasteiger partial charge on any atom is 0.387 e. The van der Waals surface area contributed by atoms with Gasteiger partial charge in [-0.15, -0.1) is 0 Å².